The number of carbonyl (C=O) groups excluding carboxylic acids is 1. The van der Waals surface area contributed by atoms with Crippen molar-refractivity contribution in [1.82, 2.24) is 15.1 Å². The van der Waals surface area contributed by atoms with Gasteiger partial charge >= 0.3 is 5.97 Å². The minimum atomic E-state index is -0.870. The molecule has 0 radical (unpaired) electrons. The van der Waals surface area contributed by atoms with Crippen molar-refractivity contribution in [2.24, 2.45) is 30.7 Å². The molecule has 1 fully saturated rings. The Morgan fingerprint density at radius 3 is 2.50 bits per heavy atom. The first-order valence-electron chi connectivity index (χ1n) is 7.58. The third-order valence-electron chi connectivity index (χ3n) is 5.15. The van der Waals surface area contributed by atoms with Gasteiger partial charge < -0.3 is 10.4 Å². The lowest BCUT2D eigenvalue weighted by Gasteiger charge is -2.23. The van der Waals surface area contributed by atoms with E-state index in [1.165, 1.54) is 0 Å². The van der Waals surface area contributed by atoms with Gasteiger partial charge in [0, 0.05) is 24.8 Å². The number of carboxylic acids is 1. The molecule has 6 nitrogen and oxygen atoms in total. The summed E-state index contributed by atoms with van der Waals surface area (Å²) in [7, 11) is 1.87. The Hall–Kier alpha value is -2.11. The van der Waals surface area contributed by atoms with Gasteiger partial charge in [0.2, 0.25) is 5.91 Å². The molecule has 2 bridgehead atoms. The largest absolute Gasteiger partial charge is 0.481 e. The van der Waals surface area contributed by atoms with Crippen molar-refractivity contribution < 1.29 is 14.7 Å². The van der Waals surface area contributed by atoms with E-state index >= 15 is 0 Å². The van der Waals surface area contributed by atoms with Gasteiger partial charge in [-0.15, -0.1) is 0 Å². The second-order valence-corrected chi connectivity index (χ2v) is 6.33. The number of fused-ring (bicyclic) bond motifs is 2. The van der Waals surface area contributed by atoms with Gasteiger partial charge in [-0.05, 0) is 32.1 Å². The average Bonchev–Trinajstić information content (AvgIpc) is 3.12. The molecule has 1 heterocycles. The number of hydrogen-bond acceptors (Lipinski definition) is 3. The second kappa shape index (κ2) is 5.26. The fraction of sp³-hybridized carbons (Fsp3) is 0.562. The molecule has 2 aliphatic rings. The minimum absolute atomic E-state index is 0.000106. The molecule has 0 aliphatic heterocycles. The van der Waals surface area contributed by atoms with E-state index in [-0.39, 0.29) is 17.7 Å². The van der Waals surface area contributed by atoms with Gasteiger partial charge in [-0.25, -0.2) is 0 Å². The molecule has 0 unspecified atom stereocenters. The quantitative estimate of drug-likeness (QED) is 0.818. The van der Waals surface area contributed by atoms with Crippen LogP contribution in [0.15, 0.2) is 12.2 Å². The number of hydrogen-bond donors (Lipinski definition) is 2. The van der Waals surface area contributed by atoms with Crippen LogP contribution in [0.25, 0.3) is 0 Å². The molecule has 22 heavy (non-hydrogen) atoms. The lowest BCUT2D eigenvalue weighted by atomic mass is 9.82. The van der Waals surface area contributed by atoms with Gasteiger partial charge in [0.1, 0.15) is 0 Å². The molecule has 1 aromatic rings. The number of rotatable bonds is 4. The van der Waals surface area contributed by atoms with Crippen LogP contribution in [0.3, 0.4) is 0 Å². The summed E-state index contributed by atoms with van der Waals surface area (Å²) in [6, 6.07) is 0. The monoisotopic (exact) mass is 303 g/mol. The summed E-state index contributed by atoms with van der Waals surface area (Å²) >= 11 is 0. The summed E-state index contributed by atoms with van der Waals surface area (Å²) in [6.07, 6.45) is 4.72. The second-order valence-electron chi connectivity index (χ2n) is 6.33. The summed E-state index contributed by atoms with van der Waals surface area (Å²) in [5.74, 6) is -2.02. The topological polar surface area (TPSA) is 84.2 Å². The predicted octanol–water partition coefficient (Wildman–Crippen LogP) is 1.18. The molecule has 2 aliphatic carbocycles. The van der Waals surface area contributed by atoms with E-state index in [9.17, 15) is 14.7 Å². The molecular weight excluding hydrogens is 282 g/mol. The van der Waals surface area contributed by atoms with Crippen LogP contribution in [0.4, 0.5) is 0 Å². The summed E-state index contributed by atoms with van der Waals surface area (Å²) in [4.78, 5) is 24.0. The molecule has 0 spiro atoms. The zero-order valence-corrected chi connectivity index (χ0v) is 13.0. The maximum atomic E-state index is 12.5. The maximum Gasteiger partial charge on any atom is 0.307 e. The van der Waals surface area contributed by atoms with E-state index < -0.39 is 17.8 Å². The van der Waals surface area contributed by atoms with Gasteiger partial charge in [0.15, 0.2) is 0 Å². The van der Waals surface area contributed by atoms with Crippen molar-refractivity contribution in [3.63, 3.8) is 0 Å². The van der Waals surface area contributed by atoms with Crippen molar-refractivity contribution in [3.8, 4) is 0 Å². The summed E-state index contributed by atoms with van der Waals surface area (Å²) in [5, 5.41) is 16.6. The Balaban J connectivity index is 1.72. The van der Waals surface area contributed by atoms with Crippen molar-refractivity contribution in [3.05, 3.63) is 29.1 Å². The van der Waals surface area contributed by atoms with Crippen molar-refractivity contribution in [2.45, 2.75) is 26.8 Å². The molecule has 4 atom stereocenters. The Morgan fingerprint density at radius 2 is 1.95 bits per heavy atom. The Labute approximate surface area is 129 Å². The lowest BCUT2D eigenvalue weighted by molar-refractivity contribution is -0.147. The molecule has 2 N–H and O–H groups in total. The first-order chi connectivity index (χ1) is 10.4. The standard InChI is InChI=1S/C16H21N3O3/c1-8-12(9(2)19(3)18-8)7-17-15(20)13-10-4-5-11(6-10)14(13)16(21)22/h4-5,10-11,13-14H,6-7H2,1-3H3,(H,17,20)(H,21,22)/t10-,11-,13+,14+/m0/s1. The number of nitrogens with one attached hydrogen (secondary N) is 1. The van der Waals surface area contributed by atoms with Crippen LogP contribution in [0.1, 0.15) is 23.4 Å². The lowest BCUT2D eigenvalue weighted by Crippen LogP contribution is -2.40. The molecule has 118 valence electrons. The molecule has 1 amide bonds. The molecule has 1 saturated carbocycles. The third kappa shape index (κ3) is 2.23. The maximum absolute atomic E-state index is 12.5. The highest BCUT2D eigenvalue weighted by molar-refractivity contribution is 5.86. The van der Waals surface area contributed by atoms with E-state index in [1.54, 1.807) is 4.68 Å². The van der Waals surface area contributed by atoms with Crippen molar-refractivity contribution in [2.75, 3.05) is 0 Å². The minimum Gasteiger partial charge on any atom is -0.481 e. The van der Waals surface area contributed by atoms with Crippen molar-refractivity contribution >= 4 is 11.9 Å². The van der Waals surface area contributed by atoms with Crippen LogP contribution in [-0.2, 0) is 23.2 Å². The fourth-order valence-electron chi connectivity index (χ4n) is 3.88. The van der Waals surface area contributed by atoms with Gasteiger partial charge in [-0.2, -0.15) is 5.10 Å². The van der Waals surface area contributed by atoms with E-state index in [2.05, 4.69) is 10.4 Å². The van der Waals surface area contributed by atoms with Crippen LogP contribution in [0.5, 0.6) is 0 Å². The number of aryl methyl sites for hydroxylation is 2. The molecule has 1 aromatic heterocycles. The van der Waals surface area contributed by atoms with Gasteiger partial charge in [-0.3, -0.25) is 14.3 Å². The van der Waals surface area contributed by atoms with E-state index in [4.69, 9.17) is 0 Å². The summed E-state index contributed by atoms with van der Waals surface area (Å²) in [5.41, 5.74) is 2.91. The third-order valence-corrected chi connectivity index (χ3v) is 5.15. The highest BCUT2D eigenvalue weighted by Gasteiger charge is 2.51. The van der Waals surface area contributed by atoms with Crippen LogP contribution in [0, 0.1) is 37.5 Å². The first-order valence-corrected chi connectivity index (χ1v) is 7.58. The molecule has 0 saturated heterocycles. The predicted molar refractivity (Wildman–Crippen MR) is 79.9 cm³/mol. The van der Waals surface area contributed by atoms with Crippen LogP contribution in [0.2, 0.25) is 0 Å². The normalized spacial score (nSPS) is 29.0. The van der Waals surface area contributed by atoms with Crippen molar-refractivity contribution in [1.29, 1.82) is 0 Å². The van der Waals surface area contributed by atoms with E-state index in [0.717, 1.165) is 23.4 Å². The molecule has 3 rings (SSSR count). The zero-order chi connectivity index (χ0) is 16.0. The van der Waals surface area contributed by atoms with E-state index in [0.29, 0.717) is 6.54 Å². The average molecular weight is 303 g/mol. The Kier molecular flexibility index (Phi) is 3.54. The number of aliphatic carboxylic acids is 1. The van der Waals surface area contributed by atoms with E-state index in [1.807, 2.05) is 33.0 Å². The summed E-state index contributed by atoms with van der Waals surface area (Å²) < 4.78 is 1.79. The number of aromatic nitrogens is 2. The van der Waals surface area contributed by atoms with Crippen LogP contribution in [-0.4, -0.2) is 26.8 Å². The number of amides is 1. The van der Waals surface area contributed by atoms with Gasteiger partial charge in [-0.1, -0.05) is 12.2 Å². The van der Waals surface area contributed by atoms with Crippen LogP contribution >= 0.6 is 0 Å². The molecule has 6 heteroatoms. The molecular formula is C16H21N3O3. The number of carbonyl (C=O) groups is 2. The zero-order valence-electron chi connectivity index (χ0n) is 13.0. The SMILES string of the molecule is Cc1nn(C)c(C)c1CNC(=O)[C@H]1[C@H](C(=O)O)[C@H]2C=C[C@H]1C2. The van der Waals surface area contributed by atoms with Gasteiger partial charge in [0.05, 0.1) is 17.5 Å². The molecule has 0 aromatic carbocycles. The Morgan fingerprint density at radius 1 is 1.32 bits per heavy atom. The number of carboxylic acid groups (broad SMARTS) is 1. The highest BCUT2D eigenvalue weighted by atomic mass is 16.4. The van der Waals surface area contributed by atoms with Crippen LogP contribution < -0.4 is 5.32 Å². The summed E-state index contributed by atoms with van der Waals surface area (Å²) in [6.45, 7) is 4.27. The number of allylic oxidation sites excluding steroid dienone is 2. The first kappa shape index (κ1) is 14.8. The van der Waals surface area contributed by atoms with Gasteiger partial charge in [0.25, 0.3) is 0 Å². The highest BCUT2D eigenvalue weighted by Crippen LogP contribution is 2.48. The number of nitrogens with zero attached hydrogens (tertiary/aromatic N) is 2. The fourth-order valence-corrected chi connectivity index (χ4v) is 3.88. The Bertz CT molecular complexity index is 662. The smallest absolute Gasteiger partial charge is 0.307 e.